The second kappa shape index (κ2) is 9.41. The number of benzene rings is 3. The van der Waals surface area contributed by atoms with Gasteiger partial charge >= 0.3 is 0 Å². The van der Waals surface area contributed by atoms with Crippen LogP contribution in [0.25, 0.3) is 0 Å². The Morgan fingerprint density at radius 2 is 1.38 bits per heavy atom. The Kier molecular flexibility index (Phi) is 6.47. The summed E-state index contributed by atoms with van der Waals surface area (Å²) in [6, 6.07) is 20.8. The first kappa shape index (κ1) is 19.9. The number of nitrogens with one attached hydrogen (secondary N) is 2. The summed E-state index contributed by atoms with van der Waals surface area (Å²) < 4.78 is 10.6. The molecule has 0 saturated heterocycles. The summed E-state index contributed by atoms with van der Waals surface area (Å²) in [6.45, 7) is 2.50. The van der Waals surface area contributed by atoms with Crippen molar-refractivity contribution in [3.8, 4) is 11.5 Å². The van der Waals surface area contributed by atoms with Crippen LogP contribution in [0.3, 0.4) is 0 Å². The zero-order valence-electron chi connectivity index (χ0n) is 16.3. The number of methoxy groups -OCH3 is 1. The molecule has 0 aliphatic carbocycles. The average Bonchev–Trinajstić information content (AvgIpc) is 2.75. The number of carbonyl (C=O) groups is 2. The lowest BCUT2D eigenvalue weighted by molar-refractivity contribution is 0.101. The Labute approximate surface area is 169 Å². The minimum absolute atomic E-state index is 0.258. The molecular formula is C23H22N2O4. The molecule has 6 heteroatoms. The predicted octanol–water partition coefficient (Wildman–Crippen LogP) is 4.60. The highest BCUT2D eigenvalue weighted by molar-refractivity contribution is 6.07. The van der Waals surface area contributed by atoms with Gasteiger partial charge in [0.2, 0.25) is 0 Å². The van der Waals surface area contributed by atoms with Crippen LogP contribution in [0.1, 0.15) is 27.6 Å². The minimum Gasteiger partial charge on any atom is -0.495 e. The smallest absolute Gasteiger partial charge is 0.255 e. The molecule has 2 N–H and O–H groups in total. The van der Waals surface area contributed by atoms with Crippen molar-refractivity contribution in [1.82, 2.24) is 0 Å². The molecule has 0 aliphatic heterocycles. The zero-order chi connectivity index (χ0) is 20.6. The highest BCUT2D eigenvalue weighted by atomic mass is 16.5. The molecule has 0 heterocycles. The van der Waals surface area contributed by atoms with E-state index in [1.54, 1.807) is 67.8 Å². The van der Waals surface area contributed by atoms with Crippen molar-refractivity contribution in [3.05, 3.63) is 83.9 Å². The Morgan fingerprint density at radius 1 is 0.793 bits per heavy atom. The Hall–Kier alpha value is -3.80. The molecule has 0 aliphatic rings. The molecule has 2 amide bonds. The fraction of sp³-hybridized carbons (Fsp3) is 0.130. The quantitative estimate of drug-likeness (QED) is 0.618. The maximum absolute atomic E-state index is 12.5. The second-order valence-electron chi connectivity index (χ2n) is 6.14. The highest BCUT2D eigenvalue weighted by Gasteiger charge is 2.11. The van der Waals surface area contributed by atoms with E-state index in [-0.39, 0.29) is 11.8 Å². The van der Waals surface area contributed by atoms with Crippen LogP contribution in [0.15, 0.2) is 72.8 Å². The van der Waals surface area contributed by atoms with Crippen LogP contribution in [-0.2, 0) is 0 Å². The third-order valence-corrected chi connectivity index (χ3v) is 4.19. The Balaban J connectivity index is 1.64. The summed E-state index contributed by atoms with van der Waals surface area (Å²) in [5.41, 5.74) is 2.13. The second-order valence-corrected chi connectivity index (χ2v) is 6.14. The molecular weight excluding hydrogens is 368 g/mol. The molecule has 0 unspecified atom stereocenters. The molecule has 0 fully saturated rings. The summed E-state index contributed by atoms with van der Waals surface area (Å²) in [6.07, 6.45) is 0. The van der Waals surface area contributed by atoms with Crippen molar-refractivity contribution in [3.63, 3.8) is 0 Å². The summed E-state index contributed by atoms with van der Waals surface area (Å²) in [5.74, 6) is 0.780. The minimum atomic E-state index is -0.284. The van der Waals surface area contributed by atoms with Gasteiger partial charge < -0.3 is 20.1 Å². The van der Waals surface area contributed by atoms with E-state index in [1.165, 1.54) is 0 Å². The molecule has 0 saturated carbocycles. The first-order chi connectivity index (χ1) is 14.1. The van der Waals surface area contributed by atoms with Gasteiger partial charge in [0.05, 0.1) is 19.4 Å². The van der Waals surface area contributed by atoms with Crippen molar-refractivity contribution < 1.29 is 19.1 Å². The van der Waals surface area contributed by atoms with E-state index >= 15 is 0 Å². The number of anilines is 2. The summed E-state index contributed by atoms with van der Waals surface area (Å²) >= 11 is 0. The Morgan fingerprint density at radius 3 is 1.97 bits per heavy atom. The molecule has 0 spiro atoms. The maximum atomic E-state index is 12.5. The standard InChI is InChI=1S/C23H22N2O4/c1-3-29-19-14-12-18(13-15-19)24-22(26)16-8-10-17(11-9-16)23(27)25-20-6-4-5-7-21(20)28-2/h4-15H,3H2,1-2H3,(H,24,26)(H,25,27). The number of ether oxygens (including phenoxy) is 2. The highest BCUT2D eigenvalue weighted by Crippen LogP contribution is 2.23. The lowest BCUT2D eigenvalue weighted by Gasteiger charge is -2.10. The van der Waals surface area contributed by atoms with Crippen molar-refractivity contribution in [2.45, 2.75) is 6.92 Å². The number of amides is 2. The number of rotatable bonds is 7. The summed E-state index contributed by atoms with van der Waals surface area (Å²) in [7, 11) is 1.54. The molecule has 148 valence electrons. The number of hydrogen-bond acceptors (Lipinski definition) is 4. The first-order valence-corrected chi connectivity index (χ1v) is 9.19. The topological polar surface area (TPSA) is 76.7 Å². The number of para-hydroxylation sites is 2. The SMILES string of the molecule is CCOc1ccc(NC(=O)c2ccc(C(=O)Nc3ccccc3OC)cc2)cc1. The van der Waals surface area contributed by atoms with Crippen LogP contribution in [0.5, 0.6) is 11.5 Å². The first-order valence-electron chi connectivity index (χ1n) is 9.19. The van der Waals surface area contributed by atoms with Gasteiger partial charge in [0.25, 0.3) is 11.8 Å². The van der Waals surface area contributed by atoms with Crippen molar-refractivity contribution in [1.29, 1.82) is 0 Å². The fourth-order valence-electron chi connectivity index (χ4n) is 2.72. The Bertz CT molecular complexity index is 983. The van der Waals surface area contributed by atoms with Gasteiger partial charge in [-0.15, -0.1) is 0 Å². The van der Waals surface area contributed by atoms with E-state index in [0.29, 0.717) is 34.9 Å². The van der Waals surface area contributed by atoms with E-state index in [9.17, 15) is 9.59 Å². The van der Waals surface area contributed by atoms with Crippen molar-refractivity contribution in [2.24, 2.45) is 0 Å². The van der Waals surface area contributed by atoms with Gasteiger partial charge in [0.1, 0.15) is 11.5 Å². The van der Waals surface area contributed by atoms with E-state index in [1.807, 2.05) is 19.1 Å². The third-order valence-electron chi connectivity index (χ3n) is 4.19. The van der Waals surface area contributed by atoms with Crippen molar-refractivity contribution in [2.75, 3.05) is 24.4 Å². The fourth-order valence-corrected chi connectivity index (χ4v) is 2.72. The van der Waals surface area contributed by atoms with Crippen LogP contribution in [-0.4, -0.2) is 25.5 Å². The molecule has 0 radical (unpaired) electrons. The summed E-state index contributed by atoms with van der Waals surface area (Å²) in [5, 5.41) is 5.63. The van der Waals surface area contributed by atoms with Gasteiger partial charge in [-0.3, -0.25) is 9.59 Å². The normalized spacial score (nSPS) is 10.1. The van der Waals surface area contributed by atoms with Crippen LogP contribution >= 0.6 is 0 Å². The van der Waals surface area contributed by atoms with E-state index < -0.39 is 0 Å². The van der Waals surface area contributed by atoms with Gasteiger partial charge in [-0.1, -0.05) is 12.1 Å². The molecule has 0 atom stereocenters. The lowest BCUT2D eigenvalue weighted by Crippen LogP contribution is -2.14. The van der Waals surface area contributed by atoms with E-state index in [0.717, 1.165) is 5.75 Å². The van der Waals surface area contributed by atoms with Gasteiger partial charge in [-0.05, 0) is 67.6 Å². The van der Waals surface area contributed by atoms with Gasteiger partial charge in [0, 0.05) is 16.8 Å². The molecule has 3 rings (SSSR count). The van der Waals surface area contributed by atoms with Crippen LogP contribution < -0.4 is 20.1 Å². The molecule has 0 bridgehead atoms. The zero-order valence-corrected chi connectivity index (χ0v) is 16.3. The summed E-state index contributed by atoms with van der Waals surface area (Å²) in [4.78, 5) is 24.9. The van der Waals surface area contributed by atoms with Crippen LogP contribution in [0, 0.1) is 0 Å². The average molecular weight is 390 g/mol. The van der Waals surface area contributed by atoms with Gasteiger partial charge in [-0.2, -0.15) is 0 Å². The van der Waals surface area contributed by atoms with Crippen LogP contribution in [0.2, 0.25) is 0 Å². The molecule has 3 aromatic carbocycles. The van der Waals surface area contributed by atoms with Crippen LogP contribution in [0.4, 0.5) is 11.4 Å². The molecule has 6 nitrogen and oxygen atoms in total. The van der Waals surface area contributed by atoms with Gasteiger partial charge in [-0.25, -0.2) is 0 Å². The van der Waals surface area contributed by atoms with Crippen molar-refractivity contribution >= 4 is 23.2 Å². The molecule has 29 heavy (non-hydrogen) atoms. The van der Waals surface area contributed by atoms with E-state index in [4.69, 9.17) is 9.47 Å². The third kappa shape index (κ3) is 5.13. The molecule has 3 aromatic rings. The largest absolute Gasteiger partial charge is 0.495 e. The number of carbonyl (C=O) groups excluding carboxylic acids is 2. The van der Waals surface area contributed by atoms with Gasteiger partial charge in [0.15, 0.2) is 0 Å². The maximum Gasteiger partial charge on any atom is 0.255 e. The number of hydrogen-bond donors (Lipinski definition) is 2. The van der Waals surface area contributed by atoms with E-state index in [2.05, 4.69) is 10.6 Å². The predicted molar refractivity (Wildman–Crippen MR) is 113 cm³/mol. The monoisotopic (exact) mass is 390 g/mol. The lowest BCUT2D eigenvalue weighted by atomic mass is 10.1. The molecule has 0 aromatic heterocycles.